The van der Waals surface area contributed by atoms with Crippen molar-refractivity contribution in [2.75, 3.05) is 24.7 Å². The van der Waals surface area contributed by atoms with Crippen LogP contribution in [0.4, 0.5) is 17.1 Å². The number of thiazole rings is 1. The average Bonchev–Trinajstić information content (AvgIpc) is 3.38. The maximum atomic E-state index is 12.6. The number of hydrogen-bond donors (Lipinski definition) is 3. The molecule has 1 atom stereocenters. The predicted molar refractivity (Wildman–Crippen MR) is 133 cm³/mol. The Balaban J connectivity index is 1.70. The zero-order chi connectivity index (χ0) is 24.8. The lowest BCUT2D eigenvalue weighted by Gasteiger charge is -2.35. The fraction of sp³-hybridized carbons (Fsp3) is 0.458. The van der Waals surface area contributed by atoms with Gasteiger partial charge in [-0.15, -0.1) is 11.3 Å². The third-order valence-corrected chi connectivity index (χ3v) is 7.55. The summed E-state index contributed by atoms with van der Waals surface area (Å²) in [6.45, 7) is 6.17. The standard InChI is InChI=1S/C24H29N5O4S/c1-12-15(26-13(2)34-12)22(24(3)9-6-7-10-24)28-17-16(20(31)21(17)32)27-14-8-11-25-18(19(14)30)23(33)29(4)5/h8,11,22,28,30H,6-7,9-10H2,1-5H3,(H,25,27). The molecule has 9 nitrogen and oxygen atoms in total. The maximum Gasteiger partial charge on any atom is 0.275 e. The van der Waals surface area contributed by atoms with Crippen LogP contribution < -0.4 is 21.5 Å². The lowest BCUT2D eigenvalue weighted by atomic mass is 9.78. The van der Waals surface area contributed by atoms with Crippen LogP contribution in [-0.4, -0.2) is 40.0 Å². The lowest BCUT2D eigenvalue weighted by Crippen LogP contribution is -2.40. The van der Waals surface area contributed by atoms with E-state index in [9.17, 15) is 19.5 Å². The normalized spacial score (nSPS) is 15.9. The van der Waals surface area contributed by atoms with Crippen molar-refractivity contribution in [2.24, 2.45) is 5.41 Å². The Hall–Kier alpha value is -3.27. The van der Waals surface area contributed by atoms with Crippen molar-refractivity contribution in [1.82, 2.24) is 14.9 Å². The van der Waals surface area contributed by atoms with Crippen molar-refractivity contribution in [3.63, 3.8) is 0 Å². The van der Waals surface area contributed by atoms with Crippen LogP contribution >= 0.6 is 11.3 Å². The minimum Gasteiger partial charge on any atom is -0.504 e. The number of pyridine rings is 1. The smallest absolute Gasteiger partial charge is 0.275 e. The van der Waals surface area contributed by atoms with Crippen molar-refractivity contribution in [1.29, 1.82) is 0 Å². The van der Waals surface area contributed by atoms with Crippen LogP contribution in [0, 0.1) is 19.3 Å². The van der Waals surface area contributed by atoms with Crippen LogP contribution in [0.1, 0.15) is 64.7 Å². The van der Waals surface area contributed by atoms with Gasteiger partial charge in [-0.2, -0.15) is 0 Å². The molecular formula is C24H29N5O4S. The van der Waals surface area contributed by atoms with E-state index in [-0.39, 0.29) is 40.0 Å². The van der Waals surface area contributed by atoms with Gasteiger partial charge in [0.15, 0.2) is 11.4 Å². The third-order valence-electron chi connectivity index (χ3n) is 6.65. The molecule has 4 rings (SSSR count). The summed E-state index contributed by atoms with van der Waals surface area (Å²) in [7, 11) is 3.10. The Labute approximate surface area is 201 Å². The van der Waals surface area contributed by atoms with Crippen molar-refractivity contribution in [3.8, 4) is 5.75 Å². The van der Waals surface area contributed by atoms with E-state index in [1.165, 1.54) is 17.2 Å². The van der Waals surface area contributed by atoms with Gasteiger partial charge in [0.05, 0.1) is 22.4 Å². The summed E-state index contributed by atoms with van der Waals surface area (Å²) in [5, 5.41) is 17.8. The van der Waals surface area contributed by atoms with Gasteiger partial charge in [-0.1, -0.05) is 19.8 Å². The molecule has 0 radical (unpaired) electrons. The molecule has 1 saturated carbocycles. The summed E-state index contributed by atoms with van der Waals surface area (Å²) in [6, 6.07) is 1.22. The average molecular weight is 484 g/mol. The maximum absolute atomic E-state index is 12.6. The third kappa shape index (κ3) is 4.06. The first-order chi connectivity index (χ1) is 16.0. The second-order valence-electron chi connectivity index (χ2n) is 9.40. The Morgan fingerprint density at radius 2 is 1.82 bits per heavy atom. The molecule has 1 aromatic carbocycles. The van der Waals surface area contributed by atoms with Crippen LogP contribution in [-0.2, 0) is 0 Å². The molecule has 0 spiro atoms. The van der Waals surface area contributed by atoms with Crippen LogP contribution in [0.3, 0.4) is 0 Å². The number of anilines is 3. The molecule has 1 fully saturated rings. The van der Waals surface area contributed by atoms with E-state index in [0.717, 1.165) is 41.3 Å². The number of rotatable bonds is 7. The summed E-state index contributed by atoms with van der Waals surface area (Å²) in [5.74, 6) is -0.862. The molecule has 10 heteroatoms. The van der Waals surface area contributed by atoms with Gasteiger partial charge >= 0.3 is 0 Å². The minimum absolute atomic E-state index is 0.0611. The molecule has 3 aromatic rings. The van der Waals surface area contributed by atoms with E-state index >= 15 is 0 Å². The number of amides is 1. The zero-order valence-electron chi connectivity index (χ0n) is 20.0. The zero-order valence-corrected chi connectivity index (χ0v) is 20.8. The van der Waals surface area contributed by atoms with E-state index < -0.39 is 16.8 Å². The SMILES string of the molecule is Cc1nc(C(Nc2c(Nc3ccnc(C(=O)N(C)C)c3O)c(=O)c2=O)C2(C)CCCC2)c(C)s1. The number of aromatic nitrogens is 2. The summed E-state index contributed by atoms with van der Waals surface area (Å²) in [4.78, 5) is 48.5. The summed E-state index contributed by atoms with van der Waals surface area (Å²) < 4.78 is 0. The highest BCUT2D eigenvalue weighted by Gasteiger charge is 2.41. The number of carbonyl (C=O) groups excluding carboxylic acids is 1. The molecule has 2 heterocycles. The van der Waals surface area contributed by atoms with Gasteiger partial charge in [0, 0.05) is 25.2 Å². The molecule has 0 bridgehead atoms. The Morgan fingerprint density at radius 1 is 1.18 bits per heavy atom. The van der Waals surface area contributed by atoms with Gasteiger partial charge in [-0.25, -0.2) is 9.97 Å². The number of nitrogens with zero attached hydrogens (tertiary/aromatic N) is 3. The quantitative estimate of drug-likeness (QED) is 0.435. The van der Waals surface area contributed by atoms with Gasteiger partial charge in [0.2, 0.25) is 0 Å². The van der Waals surface area contributed by atoms with Crippen LogP contribution in [0.15, 0.2) is 21.9 Å². The fourth-order valence-electron chi connectivity index (χ4n) is 4.71. The van der Waals surface area contributed by atoms with Crippen LogP contribution in [0.25, 0.3) is 0 Å². The Bertz CT molecular complexity index is 1320. The molecule has 0 aliphatic heterocycles. The largest absolute Gasteiger partial charge is 0.504 e. The van der Waals surface area contributed by atoms with Gasteiger partial charge in [-0.05, 0) is 38.2 Å². The number of aryl methyl sites for hydroxylation is 2. The molecule has 34 heavy (non-hydrogen) atoms. The molecule has 1 aliphatic carbocycles. The fourth-order valence-corrected chi connectivity index (χ4v) is 5.56. The van der Waals surface area contributed by atoms with E-state index in [1.807, 2.05) is 13.8 Å². The first-order valence-corrected chi connectivity index (χ1v) is 12.1. The minimum atomic E-state index is -0.680. The van der Waals surface area contributed by atoms with Crippen molar-refractivity contribution in [2.45, 2.75) is 52.5 Å². The first-order valence-electron chi connectivity index (χ1n) is 11.2. The Kier molecular flexibility index (Phi) is 6.20. The molecule has 180 valence electrons. The highest BCUT2D eigenvalue weighted by molar-refractivity contribution is 7.11. The van der Waals surface area contributed by atoms with Crippen LogP contribution in [0.2, 0.25) is 0 Å². The molecule has 3 N–H and O–H groups in total. The van der Waals surface area contributed by atoms with Gasteiger partial charge < -0.3 is 20.6 Å². The van der Waals surface area contributed by atoms with Gasteiger partial charge in [0.25, 0.3) is 16.8 Å². The molecule has 0 saturated heterocycles. The van der Waals surface area contributed by atoms with Crippen molar-refractivity contribution >= 4 is 34.3 Å². The second kappa shape index (κ2) is 8.83. The van der Waals surface area contributed by atoms with E-state index in [2.05, 4.69) is 22.5 Å². The van der Waals surface area contributed by atoms with E-state index in [4.69, 9.17) is 4.98 Å². The summed E-state index contributed by atoms with van der Waals surface area (Å²) >= 11 is 1.61. The number of carbonyl (C=O) groups is 1. The summed E-state index contributed by atoms with van der Waals surface area (Å²) in [6.07, 6.45) is 5.53. The number of hydrogen-bond acceptors (Lipinski definition) is 9. The van der Waals surface area contributed by atoms with E-state index in [0.29, 0.717) is 0 Å². The van der Waals surface area contributed by atoms with Gasteiger partial charge in [0.1, 0.15) is 11.4 Å². The first kappa shape index (κ1) is 23.9. The predicted octanol–water partition coefficient (Wildman–Crippen LogP) is 3.64. The second-order valence-corrected chi connectivity index (χ2v) is 10.8. The number of nitrogens with one attached hydrogen (secondary N) is 2. The highest BCUT2D eigenvalue weighted by Crippen LogP contribution is 2.49. The monoisotopic (exact) mass is 483 g/mol. The molecule has 1 unspecified atom stereocenters. The van der Waals surface area contributed by atoms with Crippen molar-refractivity contribution in [3.05, 3.63) is 54.0 Å². The molecule has 1 amide bonds. The lowest BCUT2D eigenvalue weighted by molar-refractivity contribution is 0.0819. The molecule has 2 aromatic heterocycles. The van der Waals surface area contributed by atoms with Crippen molar-refractivity contribution < 1.29 is 9.90 Å². The Morgan fingerprint density at radius 3 is 2.41 bits per heavy atom. The van der Waals surface area contributed by atoms with Crippen LogP contribution in [0.5, 0.6) is 5.75 Å². The van der Waals surface area contributed by atoms with E-state index in [1.54, 1.807) is 25.4 Å². The molecule has 1 aliphatic rings. The number of aromatic hydroxyl groups is 1. The topological polar surface area (TPSA) is 125 Å². The van der Waals surface area contributed by atoms with Gasteiger partial charge in [-0.3, -0.25) is 14.4 Å². The summed E-state index contributed by atoms with van der Waals surface area (Å²) in [5.41, 5.74) is -0.301. The molecular weight excluding hydrogens is 454 g/mol. The highest BCUT2D eigenvalue weighted by atomic mass is 32.1.